The lowest BCUT2D eigenvalue weighted by molar-refractivity contribution is -0.394. The third-order valence-electron chi connectivity index (χ3n) is 2.76. The van der Waals surface area contributed by atoms with Crippen molar-refractivity contribution >= 4 is 11.4 Å². The van der Waals surface area contributed by atoms with Gasteiger partial charge in [-0.3, -0.25) is 20.2 Å². The van der Waals surface area contributed by atoms with Crippen LogP contribution in [0.3, 0.4) is 0 Å². The largest absolute Gasteiger partial charge is 0.452 e. The molecule has 0 saturated carbocycles. The average molecular weight is 287 g/mol. The number of hydrogen-bond acceptors (Lipinski definition) is 8. The highest BCUT2D eigenvalue weighted by atomic mass is 16.6. The monoisotopic (exact) mass is 287 g/mol. The second-order valence-corrected chi connectivity index (χ2v) is 4.03. The van der Waals surface area contributed by atoms with Crippen molar-refractivity contribution in [2.24, 2.45) is 0 Å². The van der Waals surface area contributed by atoms with Gasteiger partial charge in [-0.25, -0.2) is 0 Å². The lowest BCUT2D eigenvalue weighted by atomic mass is 10.1. The number of nitrogens with zero attached hydrogens (tertiary/aromatic N) is 5. The molecule has 104 valence electrons. The summed E-state index contributed by atoms with van der Waals surface area (Å²) in [5, 5.41) is 29.4. The van der Waals surface area contributed by atoms with Gasteiger partial charge in [0.25, 0.3) is 11.4 Å². The first-order valence-corrected chi connectivity index (χ1v) is 5.55. The normalized spacial score (nSPS) is 10.7. The van der Waals surface area contributed by atoms with Gasteiger partial charge in [0.15, 0.2) is 12.2 Å². The molecule has 0 amide bonds. The molecule has 2 aliphatic heterocycles. The minimum absolute atomic E-state index is 0.196. The zero-order valence-corrected chi connectivity index (χ0v) is 10.2. The minimum Gasteiger partial charge on any atom is -0.452 e. The first kappa shape index (κ1) is 12.6. The molecule has 0 bridgehead atoms. The minimum atomic E-state index is -0.711. The van der Waals surface area contributed by atoms with Crippen molar-refractivity contribution in [2.75, 3.05) is 0 Å². The number of hydrogen-bond donors (Lipinski definition) is 0. The predicted octanol–water partition coefficient (Wildman–Crippen LogP) is 2.05. The van der Waals surface area contributed by atoms with E-state index in [0.29, 0.717) is 5.56 Å². The molecule has 0 unspecified atom stereocenters. The highest BCUT2D eigenvalue weighted by molar-refractivity contribution is 5.79. The summed E-state index contributed by atoms with van der Waals surface area (Å²) < 4.78 is 4.91. The Balaban J connectivity index is 2.22. The maximum atomic E-state index is 10.9. The maximum absolute atomic E-state index is 10.9. The van der Waals surface area contributed by atoms with E-state index in [9.17, 15) is 20.2 Å². The summed E-state index contributed by atoms with van der Waals surface area (Å²) in [5.74, 6) is 0.283. The summed E-state index contributed by atoms with van der Waals surface area (Å²) in [5.41, 5.74) is 0.0231. The summed E-state index contributed by atoms with van der Waals surface area (Å²) in [6, 6.07) is 3.25. The van der Waals surface area contributed by atoms with Crippen LogP contribution >= 0.6 is 0 Å². The molecule has 0 N–H and O–H groups in total. The maximum Gasteiger partial charge on any atom is 0.276 e. The van der Waals surface area contributed by atoms with E-state index in [1.165, 1.54) is 18.4 Å². The van der Waals surface area contributed by atoms with Crippen molar-refractivity contribution in [1.82, 2.24) is 15.2 Å². The van der Waals surface area contributed by atoms with Gasteiger partial charge < -0.3 is 4.42 Å². The van der Waals surface area contributed by atoms with E-state index < -0.39 is 21.2 Å². The molecule has 10 heteroatoms. The molecule has 0 aliphatic carbocycles. The van der Waals surface area contributed by atoms with Crippen LogP contribution < -0.4 is 0 Å². The Hall–Kier alpha value is -3.43. The molecule has 0 spiro atoms. The van der Waals surface area contributed by atoms with Crippen LogP contribution in [0.25, 0.3) is 22.6 Å². The van der Waals surface area contributed by atoms with Gasteiger partial charge in [-0.05, 0) is 0 Å². The highest BCUT2D eigenvalue weighted by Gasteiger charge is 2.22. The van der Waals surface area contributed by atoms with Crippen LogP contribution in [0.4, 0.5) is 11.4 Å². The molecule has 2 aliphatic rings. The van der Waals surface area contributed by atoms with Crippen LogP contribution in [0.1, 0.15) is 0 Å². The van der Waals surface area contributed by atoms with Crippen molar-refractivity contribution < 1.29 is 14.3 Å². The van der Waals surface area contributed by atoms with Gasteiger partial charge in [0, 0.05) is 17.7 Å². The summed E-state index contributed by atoms with van der Waals surface area (Å²) in [6.45, 7) is 0. The van der Waals surface area contributed by atoms with E-state index in [1.807, 2.05) is 0 Å². The van der Waals surface area contributed by atoms with Crippen LogP contribution in [0.5, 0.6) is 0 Å². The smallest absolute Gasteiger partial charge is 0.276 e. The van der Waals surface area contributed by atoms with Gasteiger partial charge in [-0.2, -0.15) is 4.98 Å². The predicted molar refractivity (Wildman–Crippen MR) is 67.5 cm³/mol. The Morgan fingerprint density at radius 2 is 1.67 bits per heavy atom. The highest BCUT2D eigenvalue weighted by Crippen LogP contribution is 2.34. The lowest BCUT2D eigenvalue weighted by Crippen LogP contribution is -1.94. The molecule has 0 radical (unpaired) electrons. The fraction of sp³-hybridized carbons (Fsp3) is 0. The second kappa shape index (κ2) is 4.59. The number of nitro benzene ring substituents is 2. The van der Waals surface area contributed by atoms with Gasteiger partial charge in [0.1, 0.15) is 12.0 Å². The topological polar surface area (TPSA) is 138 Å². The van der Waals surface area contributed by atoms with Crippen molar-refractivity contribution in [3.63, 3.8) is 0 Å². The average Bonchev–Trinajstić information content (AvgIpc) is 2.90. The number of benzene rings is 1. The quantitative estimate of drug-likeness (QED) is 0.526. The summed E-state index contributed by atoms with van der Waals surface area (Å²) in [7, 11) is 0. The summed E-state index contributed by atoms with van der Waals surface area (Å²) in [4.78, 5) is 24.2. The van der Waals surface area contributed by atoms with Crippen molar-refractivity contribution in [3.8, 4) is 22.6 Å². The van der Waals surface area contributed by atoms with Gasteiger partial charge >= 0.3 is 0 Å². The van der Waals surface area contributed by atoms with E-state index >= 15 is 0 Å². The molecule has 0 fully saturated rings. The molecule has 0 saturated heterocycles. The zero-order chi connectivity index (χ0) is 15.0. The Kier molecular flexibility index (Phi) is 2.76. The Morgan fingerprint density at radius 3 is 2.29 bits per heavy atom. The second-order valence-electron chi connectivity index (χ2n) is 4.03. The molecule has 2 heterocycles. The van der Waals surface area contributed by atoms with Gasteiger partial charge in [-0.1, -0.05) is 0 Å². The molecule has 1 aromatic carbocycles. The van der Waals surface area contributed by atoms with Crippen molar-refractivity contribution in [1.29, 1.82) is 0 Å². The number of nitro groups is 2. The van der Waals surface area contributed by atoms with Crippen molar-refractivity contribution in [2.45, 2.75) is 0 Å². The van der Waals surface area contributed by atoms with E-state index in [-0.39, 0.29) is 17.1 Å². The number of rotatable bonds is 3. The van der Waals surface area contributed by atoms with E-state index in [1.54, 1.807) is 0 Å². The Bertz CT molecular complexity index is 797. The molecular weight excluding hydrogens is 282 g/mol. The van der Waals surface area contributed by atoms with Crippen LogP contribution in [-0.4, -0.2) is 25.0 Å². The van der Waals surface area contributed by atoms with Gasteiger partial charge in [0.05, 0.1) is 21.5 Å². The molecular formula is C11H5N5O5. The molecule has 3 rings (SSSR count). The lowest BCUT2D eigenvalue weighted by Gasteiger charge is -2.00. The summed E-state index contributed by atoms with van der Waals surface area (Å²) in [6.07, 6.45) is 2.49. The van der Waals surface area contributed by atoms with Crippen LogP contribution in [0.2, 0.25) is 0 Å². The van der Waals surface area contributed by atoms with E-state index in [4.69, 9.17) is 4.42 Å². The third kappa shape index (κ3) is 2.14. The first-order valence-electron chi connectivity index (χ1n) is 5.55. The zero-order valence-electron chi connectivity index (χ0n) is 10.2. The van der Waals surface area contributed by atoms with Gasteiger partial charge in [-0.15, -0.1) is 10.2 Å². The van der Waals surface area contributed by atoms with Crippen LogP contribution in [0, 0.1) is 20.2 Å². The molecule has 0 aromatic heterocycles. The first-order chi connectivity index (χ1) is 10.1. The fourth-order valence-corrected chi connectivity index (χ4v) is 1.85. The molecule has 0 atom stereocenters. The number of non-ortho nitro benzene ring substituents is 2. The van der Waals surface area contributed by atoms with Crippen LogP contribution in [0.15, 0.2) is 35.3 Å². The molecule has 21 heavy (non-hydrogen) atoms. The SMILES string of the molecule is O=[N+]([O-])c1cc(-c2nnc3ncocc2-3)cc([N+](=O)[O-])c1. The Morgan fingerprint density at radius 1 is 1.00 bits per heavy atom. The van der Waals surface area contributed by atoms with Crippen LogP contribution in [-0.2, 0) is 0 Å². The van der Waals surface area contributed by atoms with E-state index in [0.717, 1.165) is 12.5 Å². The van der Waals surface area contributed by atoms with E-state index in [2.05, 4.69) is 15.2 Å². The van der Waals surface area contributed by atoms with Gasteiger partial charge in [0.2, 0.25) is 0 Å². The van der Waals surface area contributed by atoms with Crippen molar-refractivity contribution in [3.05, 3.63) is 51.1 Å². The molecule has 1 aromatic rings. The third-order valence-corrected chi connectivity index (χ3v) is 2.76. The summed E-state index contributed by atoms with van der Waals surface area (Å²) >= 11 is 0. The molecule has 10 nitrogen and oxygen atoms in total. The standard InChI is InChI=1S/C11H5N5O5/c17-15(18)7-1-6(2-8(3-7)16(19)20)10-9-4-21-5-12-11(9)14-13-10/h1-5H. The fourth-order valence-electron chi connectivity index (χ4n) is 1.85. The number of aromatic nitrogens is 3. The Labute approximate surface area is 115 Å². The number of fused-ring (bicyclic) bond motifs is 1.